The normalized spacial score (nSPS) is 10.1. The lowest BCUT2D eigenvalue weighted by Gasteiger charge is -2.09. The molecule has 0 amide bonds. The van der Waals surface area contributed by atoms with Crippen LogP contribution < -0.4 is 0 Å². The fourth-order valence-corrected chi connectivity index (χ4v) is 2.04. The second kappa shape index (κ2) is 7.36. The van der Waals surface area contributed by atoms with E-state index in [9.17, 15) is 19.5 Å². The number of esters is 2. The Kier molecular flexibility index (Phi) is 5.26. The first kappa shape index (κ1) is 17.1. The van der Waals surface area contributed by atoms with Crippen LogP contribution in [0.25, 0.3) is 0 Å². The van der Waals surface area contributed by atoms with Gasteiger partial charge in [0.15, 0.2) is 11.5 Å². The van der Waals surface area contributed by atoms with Crippen molar-refractivity contribution in [2.45, 2.75) is 6.92 Å². The Morgan fingerprint density at radius 2 is 1.83 bits per heavy atom. The van der Waals surface area contributed by atoms with E-state index in [0.29, 0.717) is 0 Å². The molecule has 1 N–H and O–H groups in total. The minimum absolute atomic E-state index is 0.0324. The molecule has 0 saturated carbocycles. The van der Waals surface area contributed by atoms with E-state index in [1.807, 2.05) is 0 Å². The van der Waals surface area contributed by atoms with Crippen molar-refractivity contribution in [1.82, 2.24) is 4.98 Å². The predicted octanol–water partition coefficient (Wildman–Crippen LogP) is 1.98. The number of methoxy groups -OCH3 is 1. The van der Waals surface area contributed by atoms with Crippen molar-refractivity contribution >= 4 is 17.7 Å². The summed E-state index contributed by atoms with van der Waals surface area (Å²) in [6.07, 6.45) is 1.15. The fraction of sp³-hybridized carbons (Fsp3) is 0.176. The lowest BCUT2D eigenvalue weighted by molar-refractivity contribution is 0.0496. The average Bonchev–Trinajstić information content (AvgIpc) is 2.60. The van der Waals surface area contributed by atoms with Crippen molar-refractivity contribution in [1.29, 1.82) is 0 Å². The summed E-state index contributed by atoms with van der Waals surface area (Å²) in [6.45, 7) is 1.73. The van der Waals surface area contributed by atoms with E-state index in [1.54, 1.807) is 19.1 Å². The topological polar surface area (TPSA) is 103 Å². The highest BCUT2D eigenvalue weighted by molar-refractivity contribution is 6.12. The number of carbonyl (C=O) groups is 3. The number of nitrogens with zero attached hydrogens (tertiary/aromatic N) is 1. The van der Waals surface area contributed by atoms with Crippen LogP contribution in [0.1, 0.15) is 43.7 Å². The Bertz CT molecular complexity index is 799. The van der Waals surface area contributed by atoms with Gasteiger partial charge in [-0.3, -0.25) is 4.79 Å². The van der Waals surface area contributed by atoms with Gasteiger partial charge in [0.2, 0.25) is 0 Å². The van der Waals surface area contributed by atoms with Crippen molar-refractivity contribution in [3.8, 4) is 5.75 Å². The molecule has 2 aromatic rings. The number of hydrogen-bond donors (Lipinski definition) is 1. The monoisotopic (exact) mass is 329 g/mol. The molecule has 2 rings (SSSR count). The van der Waals surface area contributed by atoms with Crippen LogP contribution in [0.2, 0.25) is 0 Å². The van der Waals surface area contributed by atoms with Crippen LogP contribution >= 0.6 is 0 Å². The molecule has 7 nitrogen and oxygen atoms in total. The van der Waals surface area contributed by atoms with E-state index in [4.69, 9.17) is 4.74 Å². The van der Waals surface area contributed by atoms with E-state index >= 15 is 0 Å². The molecule has 0 aliphatic heterocycles. The molecule has 1 aromatic heterocycles. The zero-order valence-corrected chi connectivity index (χ0v) is 13.1. The summed E-state index contributed by atoms with van der Waals surface area (Å²) in [5, 5.41) is 9.77. The summed E-state index contributed by atoms with van der Waals surface area (Å²) < 4.78 is 9.46. The number of ketones is 1. The van der Waals surface area contributed by atoms with Crippen LogP contribution in [0.15, 0.2) is 36.5 Å². The maximum Gasteiger partial charge on any atom is 0.357 e. The highest BCUT2D eigenvalue weighted by Crippen LogP contribution is 2.21. The van der Waals surface area contributed by atoms with Gasteiger partial charge in [-0.25, -0.2) is 14.6 Å². The van der Waals surface area contributed by atoms with Crippen molar-refractivity contribution in [2.24, 2.45) is 0 Å². The highest BCUT2D eigenvalue weighted by Gasteiger charge is 2.23. The number of carbonyl (C=O) groups excluding carboxylic acids is 3. The molecule has 0 unspecified atom stereocenters. The number of hydrogen-bond acceptors (Lipinski definition) is 7. The Hall–Kier alpha value is -3.22. The summed E-state index contributed by atoms with van der Waals surface area (Å²) in [4.78, 5) is 40.1. The zero-order valence-electron chi connectivity index (χ0n) is 13.1. The van der Waals surface area contributed by atoms with E-state index in [-0.39, 0.29) is 34.7 Å². The van der Waals surface area contributed by atoms with Gasteiger partial charge >= 0.3 is 11.9 Å². The minimum atomic E-state index is -0.822. The van der Waals surface area contributed by atoms with Crippen molar-refractivity contribution in [3.05, 3.63) is 58.9 Å². The summed E-state index contributed by atoms with van der Waals surface area (Å²) in [7, 11) is 1.15. The van der Waals surface area contributed by atoms with Crippen LogP contribution in [-0.2, 0) is 9.47 Å². The number of phenolic OH excluding ortho intramolecular Hbond substituents is 1. The summed E-state index contributed by atoms with van der Waals surface area (Å²) >= 11 is 0. The van der Waals surface area contributed by atoms with Crippen LogP contribution in [0.5, 0.6) is 5.75 Å². The molecular formula is C17H15NO6. The molecule has 1 aromatic carbocycles. The summed E-state index contributed by atoms with van der Waals surface area (Å²) in [5.41, 5.74) is -0.335. The third kappa shape index (κ3) is 3.40. The third-order valence-electron chi connectivity index (χ3n) is 3.17. The molecule has 0 aliphatic rings. The molecule has 0 radical (unpaired) electrons. The maximum absolute atomic E-state index is 12.5. The SMILES string of the molecule is CCOC(=O)c1ncc(C(=O)c2ccccc2O)cc1C(=O)OC. The molecule has 0 atom stereocenters. The molecule has 0 spiro atoms. The lowest BCUT2D eigenvalue weighted by Crippen LogP contribution is -2.17. The highest BCUT2D eigenvalue weighted by atomic mass is 16.5. The number of benzene rings is 1. The maximum atomic E-state index is 12.5. The molecule has 0 aliphatic carbocycles. The van der Waals surface area contributed by atoms with Crippen molar-refractivity contribution in [3.63, 3.8) is 0 Å². The average molecular weight is 329 g/mol. The second-order valence-corrected chi connectivity index (χ2v) is 4.68. The smallest absolute Gasteiger partial charge is 0.357 e. The van der Waals surface area contributed by atoms with E-state index in [0.717, 1.165) is 13.3 Å². The molecule has 24 heavy (non-hydrogen) atoms. The summed E-state index contributed by atoms with van der Waals surface area (Å²) in [6, 6.07) is 7.17. The fourth-order valence-electron chi connectivity index (χ4n) is 2.04. The molecule has 1 heterocycles. The Morgan fingerprint density at radius 3 is 2.46 bits per heavy atom. The van der Waals surface area contributed by atoms with Gasteiger partial charge in [0.05, 0.1) is 24.8 Å². The van der Waals surface area contributed by atoms with E-state index in [2.05, 4.69) is 9.72 Å². The van der Waals surface area contributed by atoms with Gasteiger partial charge in [-0.05, 0) is 25.1 Å². The molecule has 0 saturated heterocycles. The van der Waals surface area contributed by atoms with Crippen LogP contribution in [0.3, 0.4) is 0 Å². The van der Waals surface area contributed by atoms with E-state index < -0.39 is 17.7 Å². The Balaban J connectivity index is 2.50. The van der Waals surface area contributed by atoms with Gasteiger partial charge in [-0.15, -0.1) is 0 Å². The van der Waals surface area contributed by atoms with Gasteiger partial charge in [-0.2, -0.15) is 0 Å². The molecule has 0 bridgehead atoms. The van der Waals surface area contributed by atoms with Crippen molar-refractivity contribution < 1.29 is 29.0 Å². The predicted molar refractivity (Wildman–Crippen MR) is 83.1 cm³/mol. The van der Waals surface area contributed by atoms with Crippen molar-refractivity contribution in [2.75, 3.05) is 13.7 Å². The van der Waals surface area contributed by atoms with Gasteiger partial charge in [-0.1, -0.05) is 12.1 Å². The molecule has 0 fully saturated rings. The van der Waals surface area contributed by atoms with Crippen LogP contribution in [0, 0.1) is 0 Å². The Labute approximate surface area is 137 Å². The van der Waals surface area contributed by atoms with E-state index in [1.165, 1.54) is 18.2 Å². The first-order chi connectivity index (χ1) is 11.5. The number of ether oxygens (including phenoxy) is 2. The number of aromatic hydroxyl groups is 1. The molecule has 7 heteroatoms. The number of aromatic nitrogens is 1. The number of pyridine rings is 1. The zero-order chi connectivity index (χ0) is 17.7. The summed E-state index contributed by atoms with van der Waals surface area (Å²) in [5.74, 6) is -2.35. The Morgan fingerprint density at radius 1 is 1.12 bits per heavy atom. The molecular weight excluding hydrogens is 314 g/mol. The lowest BCUT2D eigenvalue weighted by atomic mass is 10.0. The standard InChI is InChI=1S/C17H15NO6/c1-3-24-17(22)14-12(16(21)23-2)8-10(9-18-14)15(20)11-6-4-5-7-13(11)19/h4-9,19H,3H2,1-2H3. The van der Waals surface area contributed by atoms with Crippen LogP contribution in [-0.4, -0.2) is 41.5 Å². The first-order valence-electron chi connectivity index (χ1n) is 7.07. The largest absolute Gasteiger partial charge is 0.507 e. The van der Waals surface area contributed by atoms with Gasteiger partial charge in [0.25, 0.3) is 0 Å². The minimum Gasteiger partial charge on any atom is -0.507 e. The van der Waals surface area contributed by atoms with Crippen LogP contribution in [0.4, 0.5) is 0 Å². The third-order valence-corrected chi connectivity index (χ3v) is 3.17. The number of phenols is 1. The van der Waals surface area contributed by atoms with Gasteiger partial charge < -0.3 is 14.6 Å². The number of para-hydroxylation sites is 1. The second-order valence-electron chi connectivity index (χ2n) is 4.68. The first-order valence-corrected chi connectivity index (χ1v) is 7.07. The quantitative estimate of drug-likeness (QED) is 0.661. The molecule has 124 valence electrons. The van der Waals surface area contributed by atoms with Gasteiger partial charge in [0.1, 0.15) is 5.75 Å². The van der Waals surface area contributed by atoms with Gasteiger partial charge in [0, 0.05) is 11.8 Å². The number of rotatable bonds is 5.